The summed E-state index contributed by atoms with van der Waals surface area (Å²) in [5.41, 5.74) is -0.545. The second-order valence-corrected chi connectivity index (χ2v) is 3.91. The zero-order valence-electron chi connectivity index (χ0n) is 7.58. The van der Waals surface area contributed by atoms with Gasteiger partial charge in [0.05, 0.1) is 16.6 Å². The number of alkyl halides is 3. The van der Waals surface area contributed by atoms with Crippen LogP contribution in [0.1, 0.15) is 5.56 Å². The van der Waals surface area contributed by atoms with E-state index in [9.17, 15) is 17.4 Å². The number of benzene rings is 1. The Labute approximate surface area is 89.8 Å². The smallest absolute Gasteiger partial charge is 0.329 e. The third-order valence-electron chi connectivity index (χ3n) is 1.95. The van der Waals surface area contributed by atoms with Crippen molar-refractivity contribution in [3.63, 3.8) is 0 Å². The van der Waals surface area contributed by atoms with Gasteiger partial charge in [-0.1, -0.05) is 0 Å². The molecule has 0 fully saturated rings. The Morgan fingerprint density at radius 3 is 2.62 bits per heavy atom. The summed E-state index contributed by atoms with van der Waals surface area (Å²) in [5, 5.41) is -0.269. The van der Waals surface area contributed by atoms with Crippen molar-refractivity contribution in [1.29, 1.82) is 0 Å². The third kappa shape index (κ3) is 1.93. The molecule has 16 heavy (non-hydrogen) atoms. The van der Waals surface area contributed by atoms with Crippen molar-refractivity contribution in [1.82, 2.24) is 9.97 Å². The fourth-order valence-corrected chi connectivity index (χ4v) is 1.62. The van der Waals surface area contributed by atoms with E-state index in [-0.39, 0.29) is 16.2 Å². The van der Waals surface area contributed by atoms with E-state index >= 15 is 0 Å². The van der Waals surface area contributed by atoms with E-state index in [0.717, 1.165) is 18.2 Å². The van der Waals surface area contributed by atoms with Crippen LogP contribution < -0.4 is 0 Å². The van der Waals surface area contributed by atoms with Gasteiger partial charge in [-0.05, 0) is 18.2 Å². The number of nitrogens with zero attached hydrogens (tertiary/aromatic N) is 1. The number of aromatic amines is 1. The average molecular weight is 250 g/mol. The quantitative estimate of drug-likeness (QED) is 0.762. The third-order valence-corrected chi connectivity index (χ3v) is 2.48. The number of H-pyrrole nitrogens is 1. The van der Waals surface area contributed by atoms with Crippen molar-refractivity contribution in [2.75, 3.05) is 0 Å². The van der Waals surface area contributed by atoms with Gasteiger partial charge >= 0.3 is 6.18 Å². The molecule has 1 heterocycles. The molecule has 0 saturated carbocycles. The highest BCUT2D eigenvalue weighted by molar-refractivity contribution is 7.79. The van der Waals surface area contributed by atoms with Crippen molar-refractivity contribution in [2.24, 2.45) is 0 Å². The van der Waals surface area contributed by atoms with Crippen LogP contribution in [0.3, 0.4) is 0 Å². The molecule has 0 bridgehead atoms. The standard InChI is InChI=1S/C8H5F3N2O2S/c9-8(10,11)4-1-2-5-6(3-4)13-7(12-5)16(14)15/h1-3H,(H,12,13)(H,14,15). The number of hydrogen-bond acceptors (Lipinski definition) is 2. The lowest BCUT2D eigenvalue weighted by Crippen LogP contribution is -2.04. The van der Waals surface area contributed by atoms with Crippen LogP contribution in [0, 0.1) is 0 Å². The molecule has 2 aromatic rings. The molecular weight excluding hydrogens is 245 g/mol. The lowest BCUT2D eigenvalue weighted by molar-refractivity contribution is -0.137. The Kier molecular flexibility index (Phi) is 2.47. The van der Waals surface area contributed by atoms with Gasteiger partial charge in [-0.2, -0.15) is 13.2 Å². The molecule has 0 aliphatic rings. The summed E-state index contributed by atoms with van der Waals surface area (Å²) in [6.45, 7) is 0. The second-order valence-electron chi connectivity index (χ2n) is 3.02. The first-order valence-corrected chi connectivity index (χ1v) is 5.16. The maximum absolute atomic E-state index is 12.3. The molecule has 4 nitrogen and oxygen atoms in total. The SMILES string of the molecule is O=S(O)c1nc2ccc(C(F)(F)F)cc2[nH]1. The Morgan fingerprint density at radius 2 is 2.06 bits per heavy atom. The number of aromatic nitrogens is 2. The van der Waals surface area contributed by atoms with Gasteiger partial charge < -0.3 is 4.98 Å². The normalized spacial score (nSPS) is 14.2. The molecule has 1 aromatic heterocycles. The summed E-state index contributed by atoms with van der Waals surface area (Å²) in [4.78, 5) is 6.01. The molecule has 1 atom stereocenters. The maximum atomic E-state index is 12.3. The number of fused-ring (bicyclic) bond motifs is 1. The van der Waals surface area contributed by atoms with Gasteiger partial charge in [-0.3, -0.25) is 4.55 Å². The van der Waals surface area contributed by atoms with Crippen molar-refractivity contribution in [3.8, 4) is 0 Å². The van der Waals surface area contributed by atoms with Gasteiger partial charge in [-0.25, -0.2) is 9.19 Å². The van der Waals surface area contributed by atoms with Crippen molar-refractivity contribution in [2.45, 2.75) is 11.3 Å². The largest absolute Gasteiger partial charge is 0.416 e. The molecule has 0 amide bonds. The minimum atomic E-state index is -4.45. The van der Waals surface area contributed by atoms with Gasteiger partial charge in [0, 0.05) is 0 Å². The summed E-state index contributed by atoms with van der Waals surface area (Å²) in [5.74, 6) is 0. The minimum absolute atomic E-state index is 0.0761. The lowest BCUT2D eigenvalue weighted by Gasteiger charge is -2.04. The van der Waals surface area contributed by atoms with Crippen LogP contribution in [0.5, 0.6) is 0 Å². The van der Waals surface area contributed by atoms with Gasteiger partial charge in [0.2, 0.25) is 16.2 Å². The highest BCUT2D eigenvalue weighted by Gasteiger charge is 2.30. The molecule has 0 radical (unpaired) electrons. The molecule has 2 N–H and O–H groups in total. The van der Waals surface area contributed by atoms with Crippen LogP contribution in [0.25, 0.3) is 11.0 Å². The van der Waals surface area contributed by atoms with E-state index in [0.29, 0.717) is 0 Å². The van der Waals surface area contributed by atoms with Crippen molar-refractivity contribution in [3.05, 3.63) is 23.8 Å². The van der Waals surface area contributed by atoms with Crippen LogP contribution >= 0.6 is 0 Å². The van der Waals surface area contributed by atoms with Crippen LogP contribution in [-0.4, -0.2) is 18.7 Å². The van der Waals surface area contributed by atoms with E-state index in [4.69, 9.17) is 4.55 Å². The molecule has 8 heteroatoms. The number of hydrogen-bond donors (Lipinski definition) is 2. The molecule has 0 spiro atoms. The Morgan fingerprint density at radius 1 is 1.38 bits per heavy atom. The molecule has 0 aliphatic heterocycles. The summed E-state index contributed by atoms with van der Waals surface area (Å²) in [6.07, 6.45) is -4.45. The van der Waals surface area contributed by atoms with Gasteiger partial charge in [0.1, 0.15) is 0 Å². The van der Waals surface area contributed by atoms with Crippen LogP contribution in [0.15, 0.2) is 23.4 Å². The fraction of sp³-hybridized carbons (Fsp3) is 0.125. The molecule has 86 valence electrons. The molecule has 1 unspecified atom stereocenters. The average Bonchev–Trinajstić information content (AvgIpc) is 2.58. The lowest BCUT2D eigenvalue weighted by atomic mass is 10.2. The number of halogens is 3. The van der Waals surface area contributed by atoms with Crippen molar-refractivity contribution < 1.29 is 21.9 Å². The van der Waals surface area contributed by atoms with Gasteiger partial charge in [-0.15, -0.1) is 0 Å². The molecule has 0 aliphatic carbocycles. The van der Waals surface area contributed by atoms with Gasteiger partial charge in [0.25, 0.3) is 0 Å². The van der Waals surface area contributed by atoms with E-state index < -0.39 is 22.8 Å². The predicted molar refractivity (Wildman–Crippen MR) is 50.1 cm³/mol. The Balaban J connectivity index is 2.58. The number of imidazole rings is 1. The first kappa shape index (κ1) is 11.1. The van der Waals surface area contributed by atoms with E-state index in [1.165, 1.54) is 0 Å². The Bertz CT molecular complexity index is 564. The van der Waals surface area contributed by atoms with Crippen LogP contribution in [-0.2, 0) is 17.3 Å². The summed E-state index contributed by atoms with van der Waals surface area (Å²) < 4.78 is 56.4. The highest BCUT2D eigenvalue weighted by atomic mass is 32.2. The molecule has 2 rings (SSSR count). The van der Waals surface area contributed by atoms with Crippen LogP contribution in [0.2, 0.25) is 0 Å². The number of rotatable bonds is 1. The molecular formula is C8H5F3N2O2S. The minimum Gasteiger partial charge on any atom is -0.329 e. The predicted octanol–water partition coefficient (Wildman–Crippen LogP) is 2.16. The zero-order valence-corrected chi connectivity index (χ0v) is 8.39. The zero-order chi connectivity index (χ0) is 11.9. The maximum Gasteiger partial charge on any atom is 0.416 e. The highest BCUT2D eigenvalue weighted by Crippen LogP contribution is 2.30. The topological polar surface area (TPSA) is 66.0 Å². The van der Waals surface area contributed by atoms with E-state index in [1.54, 1.807) is 0 Å². The van der Waals surface area contributed by atoms with E-state index in [2.05, 4.69) is 9.97 Å². The summed E-state index contributed by atoms with van der Waals surface area (Å²) >= 11 is -2.34. The molecule has 1 aromatic carbocycles. The van der Waals surface area contributed by atoms with Crippen LogP contribution in [0.4, 0.5) is 13.2 Å². The van der Waals surface area contributed by atoms with E-state index in [1.807, 2.05) is 0 Å². The Hall–Kier alpha value is -1.41. The second kappa shape index (κ2) is 3.56. The number of nitrogens with one attached hydrogen (secondary N) is 1. The van der Waals surface area contributed by atoms with Gasteiger partial charge in [0.15, 0.2) is 0 Å². The van der Waals surface area contributed by atoms with Crippen molar-refractivity contribution >= 4 is 22.1 Å². The first-order valence-electron chi connectivity index (χ1n) is 4.06. The fourth-order valence-electron chi connectivity index (χ4n) is 1.25. The summed E-state index contributed by atoms with van der Waals surface area (Å²) in [6, 6.07) is 2.86. The summed E-state index contributed by atoms with van der Waals surface area (Å²) in [7, 11) is 0. The monoisotopic (exact) mass is 250 g/mol. The molecule has 0 saturated heterocycles. The first-order chi connectivity index (χ1) is 7.38.